The first-order valence-electron chi connectivity index (χ1n) is 17.0. The van der Waals surface area contributed by atoms with Gasteiger partial charge in [-0.1, -0.05) is 90.9 Å². The zero-order valence-electron chi connectivity index (χ0n) is 26.2. The molecule has 4 nitrogen and oxygen atoms in total. The van der Waals surface area contributed by atoms with Gasteiger partial charge in [-0.15, -0.1) is 23.5 Å². The van der Waals surface area contributed by atoms with Crippen LogP contribution in [0.1, 0.15) is 134 Å². The van der Waals surface area contributed by atoms with E-state index in [0.29, 0.717) is 16.2 Å². The number of benzene rings is 1. The van der Waals surface area contributed by atoms with Gasteiger partial charge in [0.15, 0.2) is 5.82 Å². The van der Waals surface area contributed by atoms with Crippen LogP contribution < -0.4 is 4.74 Å². The molecule has 6 heteroatoms. The molecule has 1 aliphatic heterocycles. The lowest BCUT2D eigenvalue weighted by Crippen LogP contribution is -2.29. The average Bonchev–Trinajstić information content (AvgIpc) is 3.03. The molecule has 0 N–H and O–H groups in total. The van der Waals surface area contributed by atoms with Crippen LogP contribution in [-0.2, 0) is 4.79 Å². The number of carbonyl (C=O) groups is 1. The molecule has 4 rings (SSSR count). The highest BCUT2D eigenvalue weighted by atomic mass is 32.2. The van der Waals surface area contributed by atoms with Crippen LogP contribution in [0.4, 0.5) is 0 Å². The first-order valence-corrected chi connectivity index (χ1v) is 19.1. The molecule has 2 aliphatic rings. The molecular weight excluding hydrogens is 557 g/mol. The van der Waals surface area contributed by atoms with Crippen LogP contribution in [0.15, 0.2) is 36.7 Å². The van der Waals surface area contributed by atoms with Gasteiger partial charge in [0.05, 0.1) is 10.5 Å². The van der Waals surface area contributed by atoms with Crippen LogP contribution >= 0.6 is 23.5 Å². The Morgan fingerprint density at radius 3 is 1.98 bits per heavy atom. The van der Waals surface area contributed by atoms with E-state index >= 15 is 0 Å². The molecule has 1 aromatic heterocycles. The zero-order valence-corrected chi connectivity index (χ0v) is 27.9. The summed E-state index contributed by atoms with van der Waals surface area (Å²) in [6.45, 7) is 4.53. The van der Waals surface area contributed by atoms with Gasteiger partial charge < -0.3 is 4.74 Å². The summed E-state index contributed by atoms with van der Waals surface area (Å²) in [7, 11) is 0. The molecule has 2 fully saturated rings. The lowest BCUT2D eigenvalue weighted by molar-refractivity contribution is -0.137. The largest absolute Gasteiger partial charge is 0.426 e. The van der Waals surface area contributed by atoms with Gasteiger partial charge in [0, 0.05) is 29.5 Å². The van der Waals surface area contributed by atoms with E-state index in [1.165, 1.54) is 115 Å². The molecule has 2 heterocycles. The van der Waals surface area contributed by atoms with Crippen molar-refractivity contribution in [2.45, 2.75) is 134 Å². The molecule has 2 aromatic rings. The Kier molecular flexibility index (Phi) is 15.1. The standard InChI is InChI=1S/C36H54N2O2S2/c1-3-5-7-8-9-10-11-13-14-28-16-18-29(19-17-28)31-24-37-35(38-25-31)30-20-22-33(23-21-30)40-36(39)32-26-41-34(42-27-32)15-12-6-4-2/h20-25,28-29,32,34H,3-19,26-27H2,1-2H3/t28-,29-,32-,34-. The molecule has 0 spiro atoms. The average molecular weight is 611 g/mol. The Morgan fingerprint density at radius 1 is 0.762 bits per heavy atom. The molecule has 0 bridgehead atoms. The maximum atomic E-state index is 12.7. The monoisotopic (exact) mass is 610 g/mol. The van der Waals surface area contributed by atoms with E-state index in [2.05, 4.69) is 13.8 Å². The molecule has 1 saturated carbocycles. The van der Waals surface area contributed by atoms with E-state index in [1.54, 1.807) is 0 Å². The third-order valence-electron chi connectivity index (χ3n) is 9.13. The van der Waals surface area contributed by atoms with Crippen molar-refractivity contribution in [2.24, 2.45) is 11.8 Å². The first-order chi connectivity index (χ1) is 20.7. The van der Waals surface area contributed by atoms with Crippen molar-refractivity contribution >= 4 is 29.5 Å². The summed E-state index contributed by atoms with van der Waals surface area (Å²) in [5.41, 5.74) is 2.24. The topological polar surface area (TPSA) is 52.1 Å². The quantitative estimate of drug-likeness (QED) is 0.101. The van der Waals surface area contributed by atoms with Crippen LogP contribution in [0.3, 0.4) is 0 Å². The molecule has 0 atom stereocenters. The van der Waals surface area contributed by atoms with Crippen molar-refractivity contribution in [2.75, 3.05) is 11.5 Å². The summed E-state index contributed by atoms with van der Waals surface area (Å²) >= 11 is 3.85. The van der Waals surface area contributed by atoms with E-state index in [9.17, 15) is 4.79 Å². The number of ether oxygens (including phenoxy) is 1. The molecular formula is C36H54N2O2S2. The Bertz CT molecular complexity index is 1010. The number of hydrogen-bond acceptors (Lipinski definition) is 6. The number of nitrogens with zero attached hydrogens (tertiary/aromatic N) is 2. The summed E-state index contributed by atoms with van der Waals surface area (Å²) in [4.78, 5) is 22.2. The molecule has 0 unspecified atom stereocenters. The van der Waals surface area contributed by atoms with Gasteiger partial charge in [-0.05, 0) is 73.8 Å². The van der Waals surface area contributed by atoms with Crippen LogP contribution in [0, 0.1) is 11.8 Å². The summed E-state index contributed by atoms with van der Waals surface area (Å²) in [5, 5.41) is 0. The van der Waals surface area contributed by atoms with Crippen molar-refractivity contribution in [1.29, 1.82) is 0 Å². The second-order valence-corrected chi connectivity index (χ2v) is 15.3. The Hall–Kier alpha value is -1.53. The Morgan fingerprint density at radius 2 is 1.33 bits per heavy atom. The predicted octanol–water partition coefficient (Wildman–Crippen LogP) is 10.9. The number of thioether (sulfide) groups is 2. The predicted molar refractivity (Wildman–Crippen MR) is 181 cm³/mol. The van der Waals surface area contributed by atoms with Crippen molar-refractivity contribution in [3.05, 3.63) is 42.2 Å². The van der Waals surface area contributed by atoms with Crippen molar-refractivity contribution in [3.63, 3.8) is 0 Å². The first kappa shape index (κ1) is 33.4. The SMILES string of the molecule is CCCCCCCCCC[C@H]1CC[C@H](c2cnc(-c3ccc(OC(=O)[C@H]4CS[C@H](CCCCC)SC4)cc3)nc2)CC1. The highest BCUT2D eigenvalue weighted by molar-refractivity contribution is 8.17. The molecule has 232 valence electrons. The Labute approximate surface area is 264 Å². The minimum atomic E-state index is -0.108. The van der Waals surface area contributed by atoms with E-state index in [-0.39, 0.29) is 11.9 Å². The van der Waals surface area contributed by atoms with Crippen molar-refractivity contribution < 1.29 is 9.53 Å². The highest BCUT2D eigenvalue weighted by Gasteiger charge is 2.28. The number of aromatic nitrogens is 2. The van der Waals surface area contributed by atoms with Crippen LogP contribution in [-0.4, -0.2) is 32.0 Å². The van der Waals surface area contributed by atoms with Gasteiger partial charge in [0.1, 0.15) is 5.75 Å². The van der Waals surface area contributed by atoms with Gasteiger partial charge in [-0.25, -0.2) is 9.97 Å². The minimum absolute atomic E-state index is 0.0295. The minimum Gasteiger partial charge on any atom is -0.426 e. The lowest BCUT2D eigenvalue weighted by atomic mass is 9.77. The molecule has 42 heavy (non-hydrogen) atoms. The highest BCUT2D eigenvalue weighted by Crippen LogP contribution is 2.39. The Balaban J connectivity index is 1.14. The number of unbranched alkanes of at least 4 members (excludes halogenated alkanes) is 9. The number of carbonyl (C=O) groups excluding carboxylic acids is 1. The number of rotatable bonds is 17. The second kappa shape index (κ2) is 19.0. The normalized spacial score (nSPS) is 22.6. The van der Waals surface area contributed by atoms with E-state index < -0.39 is 0 Å². The summed E-state index contributed by atoms with van der Waals surface area (Å²) in [5.74, 6) is 4.43. The lowest BCUT2D eigenvalue weighted by Gasteiger charge is -2.28. The maximum Gasteiger partial charge on any atom is 0.316 e. The van der Waals surface area contributed by atoms with Crippen LogP contribution in [0.5, 0.6) is 5.75 Å². The van der Waals surface area contributed by atoms with Gasteiger partial charge >= 0.3 is 5.97 Å². The van der Waals surface area contributed by atoms with E-state index in [1.807, 2.05) is 60.2 Å². The van der Waals surface area contributed by atoms with Crippen molar-refractivity contribution in [1.82, 2.24) is 9.97 Å². The third-order valence-corrected chi connectivity index (χ3v) is 12.4. The third kappa shape index (κ3) is 11.2. The van der Waals surface area contributed by atoms with Gasteiger partial charge in [0.25, 0.3) is 0 Å². The van der Waals surface area contributed by atoms with Gasteiger partial charge in [0.2, 0.25) is 0 Å². The molecule has 1 aliphatic carbocycles. The second-order valence-electron chi connectivity index (χ2n) is 12.6. The maximum absolute atomic E-state index is 12.7. The summed E-state index contributed by atoms with van der Waals surface area (Å²) < 4.78 is 6.36. The smallest absolute Gasteiger partial charge is 0.316 e. The fraction of sp³-hybridized carbons (Fsp3) is 0.694. The molecule has 0 amide bonds. The fourth-order valence-electron chi connectivity index (χ4n) is 6.33. The van der Waals surface area contributed by atoms with E-state index in [0.717, 1.165) is 28.8 Å². The number of esters is 1. The zero-order chi connectivity index (χ0) is 29.4. The van der Waals surface area contributed by atoms with Crippen molar-refractivity contribution in [3.8, 4) is 17.1 Å². The fourth-order valence-corrected chi connectivity index (χ4v) is 9.40. The van der Waals surface area contributed by atoms with Gasteiger partial charge in [-0.2, -0.15) is 0 Å². The molecule has 0 radical (unpaired) electrons. The molecule has 1 saturated heterocycles. The van der Waals surface area contributed by atoms with Crippen LogP contribution in [0.25, 0.3) is 11.4 Å². The molecule has 1 aromatic carbocycles. The summed E-state index contributed by atoms with van der Waals surface area (Å²) in [6, 6.07) is 7.66. The number of hydrogen-bond donors (Lipinski definition) is 0. The van der Waals surface area contributed by atoms with E-state index in [4.69, 9.17) is 14.7 Å². The summed E-state index contributed by atoms with van der Waals surface area (Å²) in [6.07, 6.45) is 27.1. The van der Waals surface area contributed by atoms with Gasteiger partial charge in [-0.3, -0.25) is 4.79 Å². The van der Waals surface area contributed by atoms with Crippen LogP contribution in [0.2, 0.25) is 0 Å².